The number of hydrogen-bond donors (Lipinski definition) is 0. The van der Waals surface area contributed by atoms with E-state index in [1.807, 2.05) is 38.1 Å². The van der Waals surface area contributed by atoms with Crippen LogP contribution < -0.4 is 9.47 Å². The Kier molecular flexibility index (Phi) is 3.90. The summed E-state index contributed by atoms with van der Waals surface area (Å²) in [4.78, 5) is 23.4. The summed E-state index contributed by atoms with van der Waals surface area (Å²) in [6.45, 7) is 5.28. The van der Waals surface area contributed by atoms with Crippen molar-refractivity contribution in [2.24, 2.45) is 0 Å². The first-order chi connectivity index (χ1) is 10.9. The first kappa shape index (κ1) is 15.3. The Morgan fingerprint density at radius 2 is 1.87 bits per heavy atom. The topological polar surface area (TPSA) is 52.6 Å². The number of aryl methyl sites for hydroxylation is 2. The highest BCUT2D eigenvalue weighted by molar-refractivity contribution is 6.01. The number of esters is 1. The molecule has 23 heavy (non-hydrogen) atoms. The number of hydrogen-bond acceptors (Lipinski definition) is 4. The molecule has 118 valence electrons. The van der Waals surface area contributed by atoms with Gasteiger partial charge >= 0.3 is 5.97 Å². The van der Waals surface area contributed by atoms with E-state index in [0.29, 0.717) is 23.5 Å². The van der Waals surface area contributed by atoms with Gasteiger partial charge in [0.15, 0.2) is 5.78 Å². The van der Waals surface area contributed by atoms with Crippen molar-refractivity contribution in [2.45, 2.75) is 33.3 Å². The lowest BCUT2D eigenvalue weighted by molar-refractivity contribution is -0.131. The fourth-order valence-electron chi connectivity index (χ4n) is 2.95. The number of ether oxygens (including phenoxy) is 2. The van der Waals surface area contributed by atoms with Crippen molar-refractivity contribution in [1.29, 1.82) is 0 Å². The maximum atomic E-state index is 12.5. The van der Waals surface area contributed by atoms with Gasteiger partial charge in [-0.25, -0.2) is 0 Å². The Morgan fingerprint density at radius 3 is 2.52 bits per heavy atom. The molecule has 0 saturated heterocycles. The van der Waals surface area contributed by atoms with Gasteiger partial charge < -0.3 is 9.47 Å². The number of carbonyl (C=O) groups is 2. The summed E-state index contributed by atoms with van der Waals surface area (Å²) < 4.78 is 11.1. The maximum Gasteiger partial charge on any atom is 0.308 e. The normalized spacial score (nSPS) is 16.5. The van der Waals surface area contributed by atoms with E-state index in [9.17, 15) is 9.59 Å². The lowest BCUT2D eigenvalue weighted by atomic mass is 9.92. The van der Waals surface area contributed by atoms with Crippen LogP contribution in [0.5, 0.6) is 11.5 Å². The van der Waals surface area contributed by atoms with Gasteiger partial charge in [0, 0.05) is 6.92 Å². The van der Waals surface area contributed by atoms with E-state index in [1.165, 1.54) is 6.92 Å². The molecule has 1 atom stereocenters. The van der Waals surface area contributed by atoms with Crippen LogP contribution in [0.3, 0.4) is 0 Å². The number of fused-ring (bicyclic) bond motifs is 1. The molecule has 2 aromatic rings. The van der Waals surface area contributed by atoms with Gasteiger partial charge in [0.25, 0.3) is 0 Å². The second kappa shape index (κ2) is 5.88. The number of carbonyl (C=O) groups excluding carboxylic acids is 2. The maximum absolute atomic E-state index is 12.5. The van der Waals surface area contributed by atoms with Gasteiger partial charge in [-0.05, 0) is 48.7 Å². The Morgan fingerprint density at radius 1 is 1.17 bits per heavy atom. The molecule has 1 heterocycles. The molecule has 0 fully saturated rings. The third-order valence-corrected chi connectivity index (χ3v) is 3.88. The van der Waals surface area contributed by atoms with E-state index < -0.39 is 0 Å². The van der Waals surface area contributed by atoms with Crippen LogP contribution in [0.4, 0.5) is 0 Å². The van der Waals surface area contributed by atoms with Gasteiger partial charge in [-0.15, -0.1) is 0 Å². The molecule has 2 aromatic carbocycles. The van der Waals surface area contributed by atoms with Crippen molar-refractivity contribution < 1.29 is 19.1 Å². The Hall–Kier alpha value is -2.62. The highest BCUT2D eigenvalue weighted by atomic mass is 16.5. The van der Waals surface area contributed by atoms with Crippen LogP contribution in [-0.2, 0) is 4.79 Å². The first-order valence-electron chi connectivity index (χ1n) is 7.53. The Bertz CT molecular complexity index is 775. The van der Waals surface area contributed by atoms with Gasteiger partial charge in [0.2, 0.25) is 0 Å². The quantitative estimate of drug-likeness (QED) is 0.623. The molecule has 1 aliphatic rings. The van der Waals surface area contributed by atoms with Gasteiger partial charge in [0.05, 0.1) is 12.0 Å². The zero-order chi connectivity index (χ0) is 16.6. The summed E-state index contributed by atoms with van der Waals surface area (Å²) in [6.07, 6.45) is -0.00772. The number of ketones is 1. The number of Topliss-reactive ketones (excluding diaryl/α,β-unsaturated/α-hetero) is 1. The molecule has 0 saturated carbocycles. The van der Waals surface area contributed by atoms with Crippen LogP contribution in [0.15, 0.2) is 36.4 Å². The predicted molar refractivity (Wildman–Crippen MR) is 86.0 cm³/mol. The van der Waals surface area contributed by atoms with Crippen molar-refractivity contribution in [3.05, 3.63) is 58.7 Å². The van der Waals surface area contributed by atoms with Crippen LogP contribution in [0.25, 0.3) is 0 Å². The lowest BCUT2D eigenvalue weighted by Gasteiger charge is -2.27. The fraction of sp³-hybridized carbons (Fsp3) is 0.263. The minimum absolute atomic E-state index is 0.0952. The molecule has 0 N–H and O–H groups in total. The summed E-state index contributed by atoms with van der Waals surface area (Å²) in [6, 6.07) is 11.0. The Balaban J connectivity index is 1.88. The van der Waals surface area contributed by atoms with E-state index in [2.05, 4.69) is 0 Å². The minimum atomic E-state index is -0.360. The van der Waals surface area contributed by atoms with E-state index in [4.69, 9.17) is 9.47 Å². The molecule has 1 unspecified atom stereocenters. The van der Waals surface area contributed by atoms with Gasteiger partial charge in [-0.2, -0.15) is 0 Å². The molecule has 0 aromatic heterocycles. The number of rotatable bonds is 2. The second-order valence-corrected chi connectivity index (χ2v) is 5.85. The van der Waals surface area contributed by atoms with E-state index >= 15 is 0 Å². The zero-order valence-corrected chi connectivity index (χ0v) is 13.4. The van der Waals surface area contributed by atoms with Crippen molar-refractivity contribution in [2.75, 3.05) is 0 Å². The fourth-order valence-corrected chi connectivity index (χ4v) is 2.95. The van der Waals surface area contributed by atoms with Crippen molar-refractivity contribution in [3.63, 3.8) is 0 Å². The highest BCUT2D eigenvalue weighted by Crippen LogP contribution is 2.37. The molecule has 0 amide bonds. The van der Waals surface area contributed by atoms with E-state index in [1.54, 1.807) is 12.1 Å². The summed E-state index contributed by atoms with van der Waals surface area (Å²) in [5, 5.41) is 0. The largest absolute Gasteiger partial charge is 0.484 e. The van der Waals surface area contributed by atoms with E-state index in [0.717, 1.165) is 16.7 Å². The third-order valence-electron chi connectivity index (χ3n) is 3.88. The molecular weight excluding hydrogens is 292 g/mol. The SMILES string of the molecule is CC(=O)Oc1ccc(C2CC(=O)c3c(C)cc(C)cc3O2)cc1. The van der Waals surface area contributed by atoms with Crippen LogP contribution >= 0.6 is 0 Å². The molecule has 4 nitrogen and oxygen atoms in total. The van der Waals surface area contributed by atoms with Crippen molar-refractivity contribution in [1.82, 2.24) is 0 Å². The molecule has 0 radical (unpaired) electrons. The smallest absolute Gasteiger partial charge is 0.308 e. The average molecular weight is 310 g/mol. The van der Waals surface area contributed by atoms with Crippen LogP contribution in [0, 0.1) is 13.8 Å². The molecule has 0 aliphatic carbocycles. The van der Waals surface area contributed by atoms with Crippen LogP contribution in [-0.4, -0.2) is 11.8 Å². The minimum Gasteiger partial charge on any atom is -0.484 e. The van der Waals surface area contributed by atoms with Gasteiger partial charge in [0.1, 0.15) is 17.6 Å². The van der Waals surface area contributed by atoms with E-state index in [-0.39, 0.29) is 17.9 Å². The standard InChI is InChI=1S/C19H18O4/c1-11-8-12(2)19-16(21)10-17(23-18(19)9-11)14-4-6-15(7-5-14)22-13(3)20/h4-9,17H,10H2,1-3H3. The predicted octanol–water partition coefficient (Wildman–Crippen LogP) is 3.94. The number of benzene rings is 2. The molecule has 4 heteroatoms. The summed E-state index contributed by atoms with van der Waals surface area (Å²) in [5.74, 6) is 0.864. The lowest BCUT2D eigenvalue weighted by Crippen LogP contribution is -2.21. The molecule has 0 bridgehead atoms. The molecule has 3 rings (SSSR count). The van der Waals surface area contributed by atoms with Crippen LogP contribution in [0.1, 0.15) is 46.5 Å². The average Bonchev–Trinajstić information content (AvgIpc) is 2.46. The van der Waals surface area contributed by atoms with Crippen LogP contribution in [0.2, 0.25) is 0 Å². The monoisotopic (exact) mass is 310 g/mol. The van der Waals surface area contributed by atoms with Crippen molar-refractivity contribution in [3.8, 4) is 11.5 Å². The molecular formula is C19H18O4. The van der Waals surface area contributed by atoms with Gasteiger partial charge in [-0.1, -0.05) is 18.2 Å². The highest BCUT2D eigenvalue weighted by Gasteiger charge is 2.29. The molecule has 0 spiro atoms. The molecule has 1 aliphatic heterocycles. The van der Waals surface area contributed by atoms with Crippen molar-refractivity contribution >= 4 is 11.8 Å². The second-order valence-electron chi connectivity index (χ2n) is 5.85. The summed E-state index contributed by atoms with van der Waals surface area (Å²) >= 11 is 0. The zero-order valence-electron chi connectivity index (χ0n) is 13.4. The Labute approximate surface area is 135 Å². The summed E-state index contributed by atoms with van der Waals surface area (Å²) in [5.41, 5.74) is 3.59. The summed E-state index contributed by atoms with van der Waals surface area (Å²) in [7, 11) is 0. The first-order valence-corrected chi connectivity index (χ1v) is 7.53. The van der Waals surface area contributed by atoms with Gasteiger partial charge in [-0.3, -0.25) is 9.59 Å². The third kappa shape index (κ3) is 3.11.